The van der Waals surface area contributed by atoms with Crippen LogP contribution in [0.4, 0.5) is 8.78 Å². The molecule has 0 spiro atoms. The number of ether oxygens (including phenoxy) is 1. The minimum atomic E-state index is -3.00. The zero-order chi connectivity index (χ0) is 23.7. The normalized spacial score (nSPS) is 13.4. The Hall–Kier alpha value is -2.52. The number of nitrogens with zero attached hydrogens (tertiary/aromatic N) is 1. The molecule has 0 amide bonds. The number of rotatable bonds is 7. The van der Waals surface area contributed by atoms with Crippen molar-refractivity contribution in [1.29, 1.82) is 0 Å². The molecule has 4 rings (SSSR count). The molecule has 4 aromatic rings. The van der Waals surface area contributed by atoms with E-state index in [4.69, 9.17) is 28.9 Å². The highest BCUT2D eigenvalue weighted by Crippen LogP contribution is 2.43. The molecule has 3 aromatic carbocycles. The molecule has 0 saturated heterocycles. The van der Waals surface area contributed by atoms with Crippen molar-refractivity contribution in [2.75, 3.05) is 5.75 Å². The molecule has 172 valence electrons. The van der Waals surface area contributed by atoms with Crippen molar-refractivity contribution < 1.29 is 17.7 Å². The summed E-state index contributed by atoms with van der Waals surface area (Å²) < 4.78 is 42.4. The third kappa shape index (κ3) is 4.75. The van der Waals surface area contributed by atoms with E-state index in [-0.39, 0.29) is 15.8 Å². The lowest BCUT2D eigenvalue weighted by Gasteiger charge is -2.13. The van der Waals surface area contributed by atoms with E-state index < -0.39 is 23.5 Å². The quantitative estimate of drug-likeness (QED) is 0.305. The smallest absolute Gasteiger partial charge is 0.387 e. The third-order valence-electron chi connectivity index (χ3n) is 5.12. The molecule has 10 heteroatoms. The second-order valence-corrected chi connectivity index (χ2v) is 9.65. The first-order valence-corrected chi connectivity index (χ1v) is 12.0. The Labute approximate surface area is 201 Å². The number of nitrogens with one attached hydrogen (secondary N) is 1. The van der Waals surface area contributed by atoms with E-state index in [9.17, 15) is 13.0 Å². The third-order valence-corrected chi connectivity index (χ3v) is 7.11. The van der Waals surface area contributed by atoms with E-state index in [1.165, 1.54) is 6.07 Å². The van der Waals surface area contributed by atoms with Gasteiger partial charge in [0.2, 0.25) is 0 Å². The number of halogens is 4. The van der Waals surface area contributed by atoms with Crippen molar-refractivity contribution in [3.05, 3.63) is 76.0 Å². The van der Waals surface area contributed by atoms with Crippen LogP contribution in [0.15, 0.2) is 59.5 Å². The minimum Gasteiger partial charge on any atom is -0.434 e. The van der Waals surface area contributed by atoms with Gasteiger partial charge in [-0.3, -0.25) is 4.21 Å². The van der Waals surface area contributed by atoms with Gasteiger partial charge >= 0.3 is 6.61 Å². The van der Waals surface area contributed by atoms with Gasteiger partial charge in [-0.15, -0.1) is 0 Å². The predicted molar refractivity (Wildman–Crippen MR) is 128 cm³/mol. The van der Waals surface area contributed by atoms with Crippen molar-refractivity contribution in [1.82, 2.24) is 9.97 Å². The maximum Gasteiger partial charge on any atom is 0.387 e. The van der Waals surface area contributed by atoms with Crippen LogP contribution in [0.5, 0.6) is 5.75 Å². The summed E-state index contributed by atoms with van der Waals surface area (Å²) in [6.07, 6.45) is 0. The zero-order valence-electron chi connectivity index (χ0n) is 17.3. The fraction of sp³-hybridized carbons (Fsp3) is 0.174. The molecule has 5 nitrogen and oxygen atoms in total. The molecule has 1 aromatic heterocycles. The standard InChI is InChI=1S/C23H19Cl2F2N3O2S/c1-2-33(31)13-9-7-12(8-10-13)20(28)22-29-16-11-15(24)18(19(25)21(16)30-22)14-5-3-4-6-17(14)32-23(26)27/h3-11,20,23H,2,28H2,1H3,(H,29,30). The molecule has 2 unspecified atom stereocenters. The van der Waals surface area contributed by atoms with Crippen LogP contribution in [0.1, 0.15) is 24.4 Å². The van der Waals surface area contributed by atoms with Gasteiger partial charge in [0, 0.05) is 21.8 Å². The maximum absolute atomic E-state index is 12.9. The molecular weight excluding hydrogens is 491 g/mol. The van der Waals surface area contributed by atoms with Gasteiger partial charge in [0.15, 0.2) is 0 Å². The molecule has 0 saturated carbocycles. The number of imidazole rings is 1. The Morgan fingerprint density at radius 2 is 1.85 bits per heavy atom. The van der Waals surface area contributed by atoms with Crippen molar-refractivity contribution >= 4 is 45.0 Å². The van der Waals surface area contributed by atoms with Gasteiger partial charge in [0.25, 0.3) is 0 Å². The average Bonchev–Trinajstić information content (AvgIpc) is 3.23. The highest BCUT2D eigenvalue weighted by molar-refractivity contribution is 7.85. The van der Waals surface area contributed by atoms with Crippen LogP contribution in [0.25, 0.3) is 22.2 Å². The molecule has 0 aliphatic heterocycles. The van der Waals surface area contributed by atoms with Crippen molar-refractivity contribution in [2.24, 2.45) is 5.73 Å². The number of hydrogen-bond acceptors (Lipinski definition) is 4. The first kappa shape index (κ1) is 23.6. The Morgan fingerprint density at radius 1 is 1.15 bits per heavy atom. The number of aromatic amines is 1. The van der Waals surface area contributed by atoms with E-state index in [2.05, 4.69) is 14.7 Å². The Balaban J connectivity index is 1.75. The minimum absolute atomic E-state index is 0.0485. The number of H-pyrrole nitrogens is 1. The van der Waals surface area contributed by atoms with Crippen molar-refractivity contribution in [3.8, 4) is 16.9 Å². The Morgan fingerprint density at radius 3 is 2.52 bits per heavy atom. The van der Waals surface area contributed by atoms with Gasteiger partial charge in [-0.2, -0.15) is 8.78 Å². The molecule has 33 heavy (non-hydrogen) atoms. The van der Waals surface area contributed by atoms with E-state index in [0.29, 0.717) is 33.7 Å². The van der Waals surface area contributed by atoms with Crippen LogP contribution in [0, 0.1) is 0 Å². The molecule has 0 radical (unpaired) electrons. The highest BCUT2D eigenvalue weighted by atomic mass is 35.5. The molecule has 3 N–H and O–H groups in total. The van der Waals surface area contributed by atoms with Gasteiger partial charge in [0.05, 0.1) is 32.4 Å². The summed E-state index contributed by atoms with van der Waals surface area (Å²) in [5.74, 6) is 0.927. The lowest BCUT2D eigenvalue weighted by atomic mass is 10.0. The largest absolute Gasteiger partial charge is 0.434 e. The average molecular weight is 510 g/mol. The maximum atomic E-state index is 12.9. The van der Waals surface area contributed by atoms with Gasteiger partial charge in [0.1, 0.15) is 17.1 Å². The molecule has 2 atom stereocenters. The number of fused-ring (bicyclic) bond motifs is 1. The first-order chi connectivity index (χ1) is 15.8. The summed E-state index contributed by atoms with van der Waals surface area (Å²) >= 11 is 13.1. The fourth-order valence-electron chi connectivity index (χ4n) is 3.52. The number of para-hydroxylation sites is 1. The van der Waals surface area contributed by atoms with Crippen LogP contribution < -0.4 is 10.5 Å². The van der Waals surface area contributed by atoms with Gasteiger partial charge < -0.3 is 15.5 Å². The van der Waals surface area contributed by atoms with E-state index in [1.807, 2.05) is 6.92 Å². The first-order valence-electron chi connectivity index (χ1n) is 9.95. The molecule has 0 bridgehead atoms. The summed E-state index contributed by atoms with van der Waals surface area (Å²) in [4.78, 5) is 8.42. The van der Waals surface area contributed by atoms with E-state index in [0.717, 1.165) is 10.5 Å². The van der Waals surface area contributed by atoms with Gasteiger partial charge in [-0.05, 0) is 29.8 Å². The Bertz CT molecular complexity index is 1330. The van der Waals surface area contributed by atoms with E-state index in [1.54, 1.807) is 48.5 Å². The second kappa shape index (κ2) is 9.77. The second-order valence-electron chi connectivity index (χ2n) is 7.12. The van der Waals surface area contributed by atoms with Gasteiger partial charge in [-0.1, -0.05) is 60.5 Å². The van der Waals surface area contributed by atoms with Crippen LogP contribution in [-0.2, 0) is 10.8 Å². The van der Waals surface area contributed by atoms with Crippen LogP contribution in [-0.4, -0.2) is 26.5 Å². The van der Waals surface area contributed by atoms with Crippen molar-refractivity contribution in [3.63, 3.8) is 0 Å². The lowest BCUT2D eigenvalue weighted by Crippen LogP contribution is -2.13. The number of benzene rings is 3. The van der Waals surface area contributed by atoms with Gasteiger partial charge in [-0.25, -0.2) is 4.98 Å². The van der Waals surface area contributed by atoms with Crippen molar-refractivity contribution in [2.45, 2.75) is 24.5 Å². The number of nitrogens with two attached hydrogens (primary N) is 1. The number of alkyl halides is 2. The van der Waals surface area contributed by atoms with E-state index >= 15 is 0 Å². The summed E-state index contributed by atoms with van der Waals surface area (Å²) in [5.41, 5.74) is 8.78. The monoisotopic (exact) mass is 509 g/mol. The lowest BCUT2D eigenvalue weighted by molar-refractivity contribution is -0.0494. The van der Waals surface area contributed by atoms with Crippen LogP contribution >= 0.6 is 23.2 Å². The topological polar surface area (TPSA) is 81.0 Å². The SMILES string of the molecule is CCS(=O)c1ccc(C(N)c2nc3c(Cl)c(-c4ccccc4OC(F)F)c(Cl)cc3[nH]2)cc1. The van der Waals surface area contributed by atoms with Crippen LogP contribution in [0.3, 0.4) is 0 Å². The Kier molecular flexibility index (Phi) is 6.99. The summed E-state index contributed by atoms with van der Waals surface area (Å²) in [5, 5.41) is 0.430. The molecule has 0 aliphatic rings. The molecular formula is C23H19Cl2F2N3O2S. The zero-order valence-corrected chi connectivity index (χ0v) is 19.6. The molecule has 0 aliphatic carbocycles. The summed E-state index contributed by atoms with van der Waals surface area (Å²) in [6, 6.07) is 14.4. The number of aromatic nitrogens is 2. The molecule has 0 fully saturated rings. The summed E-state index contributed by atoms with van der Waals surface area (Å²) in [7, 11) is -1.05. The predicted octanol–water partition coefficient (Wildman–Crippen LogP) is 6.31. The highest BCUT2D eigenvalue weighted by Gasteiger charge is 2.22. The molecule has 1 heterocycles. The summed E-state index contributed by atoms with van der Waals surface area (Å²) in [6.45, 7) is -1.14. The van der Waals surface area contributed by atoms with Crippen LogP contribution in [0.2, 0.25) is 10.0 Å². The number of hydrogen-bond donors (Lipinski definition) is 2. The fourth-order valence-corrected chi connectivity index (χ4v) is 4.99.